The number of amides is 1. The largest absolute Gasteiger partial charge is 0.493 e. The number of carbonyl (C=O) groups excluding carboxylic acids is 1. The van der Waals surface area contributed by atoms with Gasteiger partial charge in [0.25, 0.3) is 0 Å². The van der Waals surface area contributed by atoms with Gasteiger partial charge in [-0.25, -0.2) is 0 Å². The molecule has 0 radical (unpaired) electrons. The van der Waals surface area contributed by atoms with Crippen LogP contribution in [0, 0.1) is 0 Å². The molecule has 1 atom stereocenters. The second kappa shape index (κ2) is 6.50. The second-order valence-corrected chi connectivity index (χ2v) is 5.29. The van der Waals surface area contributed by atoms with Gasteiger partial charge in [-0.1, -0.05) is 6.92 Å². The van der Waals surface area contributed by atoms with Crippen molar-refractivity contribution in [3.8, 4) is 5.75 Å². The average molecular weight is 277 g/mol. The number of anilines is 2. The van der Waals surface area contributed by atoms with Crippen LogP contribution in [-0.4, -0.2) is 37.0 Å². The molecule has 1 aromatic carbocycles. The maximum absolute atomic E-state index is 11.5. The molecular weight excluding hydrogens is 254 g/mol. The number of ether oxygens (including phenoxy) is 1. The number of nitrogen functional groups attached to an aromatic ring is 1. The summed E-state index contributed by atoms with van der Waals surface area (Å²) < 4.78 is 5.62. The number of rotatable bonds is 5. The number of hydrogen-bond acceptors (Lipinski definition) is 4. The van der Waals surface area contributed by atoms with Crippen LogP contribution < -0.4 is 15.8 Å². The van der Waals surface area contributed by atoms with Gasteiger partial charge in [0, 0.05) is 49.6 Å². The van der Waals surface area contributed by atoms with E-state index in [-0.39, 0.29) is 11.9 Å². The molecule has 1 amide bonds. The summed E-state index contributed by atoms with van der Waals surface area (Å²) in [6.07, 6.45) is 2.41. The fraction of sp³-hybridized carbons (Fsp3) is 0.533. The second-order valence-electron chi connectivity index (χ2n) is 5.29. The number of carbonyl (C=O) groups is 1. The summed E-state index contributed by atoms with van der Waals surface area (Å²) in [5.41, 5.74) is 7.53. The molecule has 0 aromatic heterocycles. The molecule has 1 aliphatic heterocycles. The Bertz CT molecular complexity index is 476. The minimum Gasteiger partial charge on any atom is -0.493 e. The minimum atomic E-state index is 0.211. The van der Waals surface area contributed by atoms with Crippen LogP contribution in [0.4, 0.5) is 11.4 Å². The van der Waals surface area contributed by atoms with Crippen LogP contribution in [0.3, 0.4) is 0 Å². The van der Waals surface area contributed by atoms with Crippen molar-refractivity contribution in [2.24, 2.45) is 0 Å². The van der Waals surface area contributed by atoms with Gasteiger partial charge in [0.15, 0.2) is 0 Å². The summed E-state index contributed by atoms with van der Waals surface area (Å²) in [4.78, 5) is 13.2. The van der Waals surface area contributed by atoms with Gasteiger partial charge in [0.1, 0.15) is 5.75 Å². The number of nitrogens with two attached hydrogens (primary N) is 1. The zero-order valence-electron chi connectivity index (χ0n) is 12.2. The third kappa shape index (κ3) is 3.79. The lowest BCUT2D eigenvalue weighted by atomic mass is 10.1. The van der Waals surface area contributed by atoms with Crippen LogP contribution in [0.2, 0.25) is 0 Å². The Morgan fingerprint density at radius 3 is 2.95 bits per heavy atom. The van der Waals surface area contributed by atoms with E-state index in [4.69, 9.17) is 10.5 Å². The third-order valence-electron chi connectivity index (χ3n) is 3.40. The summed E-state index contributed by atoms with van der Waals surface area (Å²) in [6, 6.07) is 5.95. The van der Waals surface area contributed by atoms with Crippen LogP contribution >= 0.6 is 0 Å². The number of likely N-dealkylation sites (tertiary alicyclic amines) is 1. The lowest BCUT2D eigenvalue weighted by Gasteiger charge is -2.31. The number of nitrogens with one attached hydrogen (secondary N) is 1. The highest BCUT2D eigenvalue weighted by Gasteiger charge is 2.22. The first-order valence-electron chi connectivity index (χ1n) is 7.12. The highest BCUT2D eigenvalue weighted by atomic mass is 16.5. The van der Waals surface area contributed by atoms with Gasteiger partial charge in [0.05, 0.1) is 6.61 Å². The molecule has 5 heteroatoms. The smallest absolute Gasteiger partial charge is 0.222 e. The molecule has 110 valence electrons. The van der Waals surface area contributed by atoms with Crippen molar-refractivity contribution in [3.05, 3.63) is 18.2 Å². The van der Waals surface area contributed by atoms with Crippen molar-refractivity contribution >= 4 is 17.3 Å². The van der Waals surface area contributed by atoms with Gasteiger partial charge >= 0.3 is 0 Å². The molecule has 0 bridgehead atoms. The molecule has 3 N–H and O–H groups in total. The first-order chi connectivity index (χ1) is 9.58. The topological polar surface area (TPSA) is 67.6 Å². The maximum atomic E-state index is 11.5. The molecule has 1 fully saturated rings. The van der Waals surface area contributed by atoms with Crippen molar-refractivity contribution < 1.29 is 9.53 Å². The Morgan fingerprint density at radius 2 is 2.25 bits per heavy atom. The summed E-state index contributed by atoms with van der Waals surface area (Å²) in [5.74, 6) is 0.997. The summed E-state index contributed by atoms with van der Waals surface area (Å²) >= 11 is 0. The highest BCUT2D eigenvalue weighted by molar-refractivity contribution is 5.77. The molecular formula is C15H23N3O2. The van der Waals surface area contributed by atoms with Gasteiger partial charge in [-0.15, -0.1) is 0 Å². The lowest BCUT2D eigenvalue weighted by molar-refractivity contribution is -0.132. The fourth-order valence-electron chi connectivity index (χ4n) is 2.37. The van der Waals surface area contributed by atoms with Gasteiger partial charge in [-0.3, -0.25) is 4.79 Å². The van der Waals surface area contributed by atoms with E-state index in [0.717, 1.165) is 30.8 Å². The van der Waals surface area contributed by atoms with E-state index in [1.165, 1.54) is 0 Å². The zero-order valence-corrected chi connectivity index (χ0v) is 12.2. The number of nitrogens with zero attached hydrogens (tertiary/aromatic N) is 1. The molecule has 20 heavy (non-hydrogen) atoms. The van der Waals surface area contributed by atoms with Crippen LogP contribution in [0.15, 0.2) is 18.2 Å². The van der Waals surface area contributed by atoms with Crippen LogP contribution in [0.5, 0.6) is 5.75 Å². The molecule has 1 aliphatic rings. The van der Waals surface area contributed by atoms with E-state index in [2.05, 4.69) is 12.2 Å². The van der Waals surface area contributed by atoms with Crippen molar-refractivity contribution in [1.82, 2.24) is 4.90 Å². The van der Waals surface area contributed by atoms with Crippen LogP contribution in [-0.2, 0) is 4.79 Å². The predicted octanol–water partition coefficient (Wildman–Crippen LogP) is 2.09. The maximum Gasteiger partial charge on any atom is 0.222 e. The van der Waals surface area contributed by atoms with Crippen LogP contribution in [0.1, 0.15) is 26.2 Å². The molecule has 1 aromatic rings. The van der Waals surface area contributed by atoms with E-state index in [1.807, 2.05) is 25.2 Å². The van der Waals surface area contributed by atoms with Crippen molar-refractivity contribution in [2.75, 3.05) is 31.2 Å². The fourth-order valence-corrected chi connectivity index (χ4v) is 2.37. The van der Waals surface area contributed by atoms with Crippen molar-refractivity contribution in [2.45, 2.75) is 32.2 Å². The first kappa shape index (κ1) is 14.5. The number of benzene rings is 1. The number of piperidine rings is 1. The molecule has 2 rings (SSSR count). The zero-order chi connectivity index (χ0) is 14.5. The summed E-state index contributed by atoms with van der Waals surface area (Å²) in [7, 11) is 1.84. The van der Waals surface area contributed by atoms with Gasteiger partial charge in [-0.2, -0.15) is 0 Å². The average Bonchev–Trinajstić information content (AvgIpc) is 2.40. The Kier molecular flexibility index (Phi) is 4.71. The lowest BCUT2D eigenvalue weighted by Crippen LogP contribution is -2.43. The normalized spacial score (nSPS) is 19.0. The standard InChI is InChI=1S/C15H23N3O2/c1-3-6-20-14-8-11(16)7-13(9-14)17-12-4-5-15(19)18(2)10-12/h7-9,12,17H,3-6,10,16H2,1-2H3. The third-order valence-corrected chi connectivity index (χ3v) is 3.40. The molecule has 5 nitrogen and oxygen atoms in total. The monoisotopic (exact) mass is 277 g/mol. The Hall–Kier alpha value is -1.91. The van der Waals surface area contributed by atoms with E-state index in [9.17, 15) is 4.79 Å². The summed E-state index contributed by atoms with van der Waals surface area (Å²) in [5, 5.41) is 3.44. The van der Waals surface area contributed by atoms with Gasteiger partial charge < -0.3 is 20.7 Å². The number of likely N-dealkylation sites (N-methyl/N-ethyl adjacent to an activating group) is 1. The highest BCUT2D eigenvalue weighted by Crippen LogP contribution is 2.24. The van der Waals surface area contributed by atoms with Crippen molar-refractivity contribution in [1.29, 1.82) is 0 Å². The molecule has 0 spiro atoms. The number of hydrogen-bond donors (Lipinski definition) is 2. The minimum absolute atomic E-state index is 0.211. The van der Waals surface area contributed by atoms with E-state index in [1.54, 1.807) is 4.90 Å². The summed E-state index contributed by atoms with van der Waals surface area (Å²) in [6.45, 7) is 3.47. The predicted molar refractivity (Wildman–Crippen MR) is 80.9 cm³/mol. The molecule has 1 heterocycles. The quantitative estimate of drug-likeness (QED) is 0.809. The van der Waals surface area contributed by atoms with E-state index in [0.29, 0.717) is 18.7 Å². The Labute approximate surface area is 120 Å². The van der Waals surface area contributed by atoms with Gasteiger partial charge in [-0.05, 0) is 18.9 Å². The van der Waals surface area contributed by atoms with Crippen LogP contribution in [0.25, 0.3) is 0 Å². The molecule has 0 aliphatic carbocycles. The van der Waals surface area contributed by atoms with E-state index >= 15 is 0 Å². The first-order valence-corrected chi connectivity index (χ1v) is 7.12. The molecule has 1 saturated heterocycles. The van der Waals surface area contributed by atoms with E-state index < -0.39 is 0 Å². The SMILES string of the molecule is CCCOc1cc(N)cc(NC2CCC(=O)N(C)C2)c1. The van der Waals surface area contributed by atoms with Gasteiger partial charge in [0.2, 0.25) is 5.91 Å². The Morgan fingerprint density at radius 1 is 1.45 bits per heavy atom. The molecule has 0 saturated carbocycles. The Balaban J connectivity index is 2.01. The van der Waals surface area contributed by atoms with Crippen molar-refractivity contribution in [3.63, 3.8) is 0 Å². The molecule has 1 unspecified atom stereocenters.